The number of fused-ring (bicyclic) bond motifs is 2. The number of benzene rings is 2. The molecule has 0 bridgehead atoms. The molecule has 0 spiro atoms. The van der Waals surface area contributed by atoms with Gasteiger partial charge in [0.1, 0.15) is 7.05 Å². The van der Waals surface area contributed by atoms with Gasteiger partial charge in [-0.25, -0.2) is 8.42 Å². The van der Waals surface area contributed by atoms with Gasteiger partial charge in [0.15, 0.2) is 10.1 Å². The molecule has 0 aliphatic carbocycles. The van der Waals surface area contributed by atoms with Crippen molar-refractivity contribution in [2.45, 2.75) is 10.8 Å². The fraction of sp³-hybridized carbons (Fsp3) is 0.188. The second kappa shape index (κ2) is 7.27. The molecule has 9 heteroatoms. The molecule has 0 atom stereocenters. The van der Waals surface area contributed by atoms with Gasteiger partial charge in [-0.3, -0.25) is 0 Å². The molecule has 0 N–H and O–H groups in total. The van der Waals surface area contributed by atoms with Gasteiger partial charge in [0.25, 0.3) is 0 Å². The summed E-state index contributed by atoms with van der Waals surface area (Å²) >= 11 is 3.62. The lowest BCUT2D eigenvalue weighted by molar-refractivity contribution is -0.617. The Morgan fingerprint density at radius 1 is 1.00 bits per heavy atom. The van der Waals surface area contributed by atoms with Crippen molar-refractivity contribution < 1.29 is 30.7 Å². The van der Waals surface area contributed by atoms with Gasteiger partial charge in [0, 0.05) is 17.5 Å². The number of nitrogens with zero attached hydrogens (tertiary/aromatic N) is 1. The second-order valence-corrected chi connectivity index (χ2v) is 7.04. The highest BCUT2D eigenvalue weighted by Gasteiger charge is 2.36. The van der Waals surface area contributed by atoms with E-state index in [-0.39, 0.29) is 0 Å². The molecule has 0 radical (unpaired) electrons. The summed E-state index contributed by atoms with van der Waals surface area (Å²) in [6, 6.07) is 17.1. The number of hydrogen-bond donors (Lipinski definition) is 0. The number of aryl methyl sites for hydroxylation is 1. The minimum absolute atomic E-state index is 0.884. The number of pyridine rings is 1. The molecule has 0 unspecified atom stereocenters. The van der Waals surface area contributed by atoms with Crippen molar-refractivity contribution in [1.82, 2.24) is 0 Å². The summed E-state index contributed by atoms with van der Waals surface area (Å²) in [7, 11) is -3.96. The number of hydrogen-bond acceptors (Lipinski definition) is 3. The van der Waals surface area contributed by atoms with E-state index in [0.29, 0.717) is 0 Å². The number of rotatable bonds is 1. The first-order valence-corrected chi connectivity index (χ1v) is 9.47. The molecule has 0 amide bonds. The molecular weight excluding hydrogens is 423 g/mol. The molecule has 0 fully saturated rings. The van der Waals surface area contributed by atoms with Gasteiger partial charge in [-0.05, 0) is 17.7 Å². The summed E-state index contributed by atoms with van der Waals surface area (Å²) in [6.45, 7) is 0. The van der Waals surface area contributed by atoms with Gasteiger partial charge in [-0.1, -0.05) is 40.2 Å². The van der Waals surface area contributed by atoms with Crippen LogP contribution in [0.1, 0.15) is 5.56 Å². The molecule has 0 saturated heterocycles. The largest absolute Gasteiger partial charge is 0.741 e. The first-order chi connectivity index (χ1) is 11.6. The Balaban J connectivity index is 0.000000242. The van der Waals surface area contributed by atoms with Crippen LogP contribution < -0.4 is 4.57 Å². The average Bonchev–Trinajstić information content (AvgIpc) is 2.54. The average molecular weight is 436 g/mol. The summed E-state index contributed by atoms with van der Waals surface area (Å²) in [5.41, 5.74) is -1.72. The number of para-hydroxylation sites is 2. The monoisotopic (exact) mass is 435 g/mol. The van der Waals surface area contributed by atoms with E-state index in [9.17, 15) is 13.2 Å². The van der Waals surface area contributed by atoms with Crippen molar-refractivity contribution in [2.24, 2.45) is 7.05 Å². The zero-order valence-electron chi connectivity index (χ0n) is 12.9. The molecule has 3 rings (SSSR count). The summed E-state index contributed by atoms with van der Waals surface area (Å²) in [5, 5.41) is 3.53. The molecular formula is C16H13BrF3NO3S. The van der Waals surface area contributed by atoms with E-state index < -0.39 is 15.6 Å². The van der Waals surface area contributed by atoms with Crippen molar-refractivity contribution in [1.29, 1.82) is 0 Å². The molecule has 4 nitrogen and oxygen atoms in total. The van der Waals surface area contributed by atoms with Gasteiger partial charge in [0.05, 0.1) is 10.8 Å². The Bertz CT molecular complexity index is 963. The third kappa shape index (κ3) is 4.10. The molecule has 3 aromatic rings. The van der Waals surface area contributed by atoms with Crippen LogP contribution in [0, 0.1) is 0 Å². The topological polar surface area (TPSA) is 61.1 Å². The van der Waals surface area contributed by atoms with Crippen LogP contribution in [-0.4, -0.2) is 18.5 Å². The lowest BCUT2D eigenvalue weighted by Gasteiger charge is -2.08. The Labute approximate surface area is 150 Å². The summed E-state index contributed by atoms with van der Waals surface area (Å²) in [6.07, 6.45) is 0. The van der Waals surface area contributed by atoms with E-state index in [1.807, 2.05) is 0 Å². The van der Waals surface area contributed by atoms with Crippen molar-refractivity contribution in [3.63, 3.8) is 0 Å². The highest BCUT2D eigenvalue weighted by Crippen LogP contribution is 2.26. The van der Waals surface area contributed by atoms with Crippen LogP contribution in [0.4, 0.5) is 13.2 Å². The molecule has 1 aromatic heterocycles. The zero-order chi connectivity index (χ0) is 18.8. The first kappa shape index (κ1) is 19.6. The van der Waals surface area contributed by atoms with E-state index in [0.717, 1.165) is 5.33 Å². The normalized spacial score (nSPS) is 12.1. The van der Waals surface area contributed by atoms with E-state index >= 15 is 0 Å². The minimum atomic E-state index is -6.09. The van der Waals surface area contributed by atoms with Gasteiger partial charge >= 0.3 is 5.51 Å². The van der Waals surface area contributed by atoms with Crippen LogP contribution >= 0.6 is 15.9 Å². The SMILES string of the molecule is C[n+]1c2ccccc2c(CBr)c2ccccc21.O=S(=O)([O-])C(F)(F)F. The van der Waals surface area contributed by atoms with Gasteiger partial charge < -0.3 is 4.55 Å². The van der Waals surface area contributed by atoms with Crippen LogP contribution in [0.2, 0.25) is 0 Å². The smallest absolute Gasteiger partial charge is 0.485 e. The van der Waals surface area contributed by atoms with Gasteiger partial charge in [0.2, 0.25) is 11.0 Å². The minimum Gasteiger partial charge on any atom is -0.741 e. The Hall–Kier alpha value is -1.71. The quantitative estimate of drug-likeness (QED) is 0.192. The van der Waals surface area contributed by atoms with Crippen molar-refractivity contribution in [3.05, 3.63) is 54.1 Å². The summed E-state index contributed by atoms with van der Waals surface area (Å²) < 4.78 is 61.2. The molecule has 0 aliphatic rings. The number of alkyl halides is 4. The molecule has 134 valence electrons. The molecule has 2 aromatic carbocycles. The van der Waals surface area contributed by atoms with Gasteiger partial charge in [-0.2, -0.15) is 17.7 Å². The fourth-order valence-corrected chi connectivity index (χ4v) is 3.07. The Kier molecular flexibility index (Phi) is 5.70. The third-order valence-corrected chi connectivity index (χ3v) is 4.73. The maximum Gasteiger partial charge on any atom is 0.485 e. The predicted molar refractivity (Wildman–Crippen MR) is 91.0 cm³/mol. The molecule has 25 heavy (non-hydrogen) atoms. The van der Waals surface area contributed by atoms with Crippen molar-refractivity contribution >= 4 is 47.9 Å². The maximum absolute atomic E-state index is 10.7. The highest BCUT2D eigenvalue weighted by molar-refractivity contribution is 9.08. The van der Waals surface area contributed by atoms with Crippen molar-refractivity contribution in [3.8, 4) is 0 Å². The summed E-state index contributed by atoms with van der Waals surface area (Å²) in [4.78, 5) is 0. The van der Waals surface area contributed by atoms with Crippen LogP contribution in [0.5, 0.6) is 0 Å². The summed E-state index contributed by atoms with van der Waals surface area (Å²) in [5.74, 6) is 0. The Morgan fingerprint density at radius 3 is 1.68 bits per heavy atom. The third-order valence-electron chi connectivity index (χ3n) is 3.60. The zero-order valence-corrected chi connectivity index (χ0v) is 15.3. The Morgan fingerprint density at radius 2 is 1.36 bits per heavy atom. The van der Waals surface area contributed by atoms with Crippen LogP contribution in [0.15, 0.2) is 48.5 Å². The van der Waals surface area contributed by atoms with Crippen LogP contribution in [0.25, 0.3) is 21.8 Å². The lowest BCUT2D eigenvalue weighted by atomic mass is 10.0. The number of halogens is 4. The van der Waals surface area contributed by atoms with Crippen molar-refractivity contribution in [2.75, 3.05) is 0 Å². The standard InChI is InChI=1S/C15H13BrN.CHF3O3S/c1-17-14-8-4-2-6-11(14)13(10-16)12-7-3-5-9-15(12)17;2-1(3,4)8(5,6)7/h2-9H,10H2,1H3;(H,5,6,7)/q+1;/p-1. The number of aromatic nitrogens is 1. The molecule has 1 heterocycles. The second-order valence-electron chi connectivity index (χ2n) is 5.11. The van der Waals surface area contributed by atoms with E-state index in [4.69, 9.17) is 13.0 Å². The van der Waals surface area contributed by atoms with Gasteiger partial charge in [-0.15, -0.1) is 0 Å². The predicted octanol–water partition coefficient (Wildman–Crippen LogP) is 3.76. The van der Waals surface area contributed by atoms with Crippen LogP contribution in [0.3, 0.4) is 0 Å². The maximum atomic E-state index is 10.7. The van der Waals surface area contributed by atoms with E-state index in [1.54, 1.807) is 0 Å². The van der Waals surface area contributed by atoms with Crippen LogP contribution in [-0.2, 0) is 22.5 Å². The molecule has 0 aliphatic heterocycles. The first-order valence-electron chi connectivity index (χ1n) is 6.94. The fourth-order valence-electron chi connectivity index (χ4n) is 2.46. The van der Waals surface area contributed by atoms with E-state index in [2.05, 4.69) is 76.1 Å². The lowest BCUT2D eigenvalue weighted by Crippen LogP contribution is -2.30. The van der Waals surface area contributed by atoms with E-state index in [1.165, 1.54) is 27.4 Å². The highest BCUT2D eigenvalue weighted by atomic mass is 79.9. The molecule has 0 saturated carbocycles.